The minimum atomic E-state index is -0.295. The average Bonchev–Trinajstić information content (AvgIpc) is 3.28. The summed E-state index contributed by atoms with van der Waals surface area (Å²) in [5.41, 5.74) is 0.991. The van der Waals surface area contributed by atoms with Crippen LogP contribution in [-0.4, -0.2) is 17.3 Å². The largest absolute Gasteiger partial charge is 0.296 e. The monoisotopic (exact) mass is 272 g/mol. The molecule has 2 aliphatic rings. The van der Waals surface area contributed by atoms with Crippen molar-refractivity contribution >= 4 is 11.8 Å². The maximum atomic E-state index is 9.66. The number of hydrogen-bond donors (Lipinski definition) is 1. The van der Waals surface area contributed by atoms with E-state index in [2.05, 4.69) is 42.6 Å². The van der Waals surface area contributed by atoms with E-state index in [-0.39, 0.29) is 5.54 Å². The summed E-state index contributed by atoms with van der Waals surface area (Å²) in [5.74, 6) is 1.43. The molecular formula is C16H20N2S. The highest BCUT2D eigenvalue weighted by Crippen LogP contribution is 2.43. The van der Waals surface area contributed by atoms with E-state index in [9.17, 15) is 5.26 Å². The molecule has 0 bridgehead atoms. The molecule has 0 radical (unpaired) electrons. The summed E-state index contributed by atoms with van der Waals surface area (Å²) in [6.45, 7) is 2.10. The smallest absolute Gasteiger partial charge is 0.119 e. The van der Waals surface area contributed by atoms with Gasteiger partial charge in [-0.05, 0) is 50.7 Å². The lowest BCUT2D eigenvalue weighted by Gasteiger charge is -2.27. The van der Waals surface area contributed by atoms with Gasteiger partial charge in [-0.15, -0.1) is 11.8 Å². The number of nitriles is 1. The van der Waals surface area contributed by atoms with E-state index < -0.39 is 0 Å². The van der Waals surface area contributed by atoms with Crippen molar-refractivity contribution in [1.82, 2.24) is 5.32 Å². The van der Waals surface area contributed by atoms with Gasteiger partial charge in [0.25, 0.3) is 0 Å². The minimum absolute atomic E-state index is 0.295. The van der Waals surface area contributed by atoms with Crippen LogP contribution in [0.4, 0.5) is 0 Å². The summed E-state index contributed by atoms with van der Waals surface area (Å²) >= 11 is 1.81. The lowest BCUT2D eigenvalue weighted by Crippen LogP contribution is -2.49. The number of benzene rings is 1. The maximum absolute atomic E-state index is 9.66. The lowest BCUT2D eigenvalue weighted by molar-refractivity contribution is 0.401. The molecule has 2 fully saturated rings. The van der Waals surface area contributed by atoms with Crippen molar-refractivity contribution in [2.75, 3.05) is 5.75 Å². The third-order valence-corrected chi connectivity index (χ3v) is 5.21. The molecule has 100 valence electrons. The van der Waals surface area contributed by atoms with Gasteiger partial charge in [0.15, 0.2) is 0 Å². The third kappa shape index (κ3) is 3.13. The van der Waals surface area contributed by atoms with Crippen molar-refractivity contribution in [3.05, 3.63) is 29.8 Å². The molecule has 19 heavy (non-hydrogen) atoms. The van der Waals surface area contributed by atoms with E-state index in [0.717, 1.165) is 5.75 Å². The van der Waals surface area contributed by atoms with Crippen molar-refractivity contribution in [3.8, 4) is 6.07 Å². The van der Waals surface area contributed by atoms with E-state index in [4.69, 9.17) is 0 Å². The molecule has 3 rings (SSSR count). The summed E-state index contributed by atoms with van der Waals surface area (Å²) in [6.07, 6.45) is 4.90. The molecular weight excluding hydrogens is 252 g/mol. The second-order valence-electron chi connectivity index (χ2n) is 5.88. The van der Waals surface area contributed by atoms with Crippen LogP contribution in [0.3, 0.4) is 0 Å². The zero-order valence-corrected chi connectivity index (χ0v) is 12.2. The van der Waals surface area contributed by atoms with Crippen molar-refractivity contribution < 1.29 is 0 Å². The Kier molecular flexibility index (Phi) is 3.56. The van der Waals surface area contributed by atoms with Crippen LogP contribution < -0.4 is 5.32 Å². The Hall–Kier alpha value is -0.980. The van der Waals surface area contributed by atoms with Gasteiger partial charge in [0, 0.05) is 16.7 Å². The third-order valence-electron chi connectivity index (χ3n) is 4.00. The molecule has 2 nitrogen and oxygen atoms in total. The Morgan fingerprint density at radius 3 is 2.47 bits per heavy atom. The summed E-state index contributed by atoms with van der Waals surface area (Å²) < 4.78 is 0. The summed E-state index contributed by atoms with van der Waals surface area (Å²) in [7, 11) is 0. The number of hydrogen-bond acceptors (Lipinski definition) is 3. The Morgan fingerprint density at radius 2 is 1.95 bits per heavy atom. The topological polar surface area (TPSA) is 35.8 Å². The summed E-state index contributed by atoms with van der Waals surface area (Å²) in [5, 5.41) is 13.3. The Bertz CT molecular complexity index is 482. The molecule has 1 atom stereocenters. The SMILES string of the molecule is Cc1ccc(SCC(C#N)(NC2CC2)C2CC2)cc1. The van der Waals surface area contributed by atoms with Crippen LogP contribution in [0, 0.1) is 24.2 Å². The molecule has 2 aliphatic carbocycles. The van der Waals surface area contributed by atoms with Crippen LogP contribution in [0.5, 0.6) is 0 Å². The zero-order valence-electron chi connectivity index (χ0n) is 11.4. The minimum Gasteiger partial charge on any atom is -0.296 e. The molecule has 1 N–H and O–H groups in total. The van der Waals surface area contributed by atoms with E-state index >= 15 is 0 Å². The Balaban J connectivity index is 1.67. The zero-order chi connectivity index (χ0) is 13.3. The average molecular weight is 272 g/mol. The number of nitrogens with zero attached hydrogens (tertiary/aromatic N) is 1. The van der Waals surface area contributed by atoms with Crippen LogP contribution in [-0.2, 0) is 0 Å². The molecule has 1 aromatic carbocycles. The van der Waals surface area contributed by atoms with Crippen LogP contribution in [0.15, 0.2) is 29.2 Å². The standard InChI is InChI=1S/C16H20N2S/c1-12-2-8-15(9-3-12)19-11-16(10-17,13-4-5-13)18-14-6-7-14/h2-3,8-9,13-14,18H,4-7,11H2,1H3. The van der Waals surface area contributed by atoms with Gasteiger partial charge in [-0.3, -0.25) is 5.32 Å². The normalized spacial score (nSPS) is 21.7. The number of aryl methyl sites for hydroxylation is 1. The van der Waals surface area contributed by atoms with Crippen molar-refractivity contribution in [2.45, 2.75) is 49.1 Å². The molecule has 1 aromatic rings. The number of rotatable bonds is 6. The predicted molar refractivity (Wildman–Crippen MR) is 79.1 cm³/mol. The van der Waals surface area contributed by atoms with Crippen LogP contribution in [0.2, 0.25) is 0 Å². The highest BCUT2D eigenvalue weighted by atomic mass is 32.2. The van der Waals surface area contributed by atoms with Crippen LogP contribution in [0.1, 0.15) is 31.2 Å². The van der Waals surface area contributed by atoms with Gasteiger partial charge >= 0.3 is 0 Å². The Morgan fingerprint density at radius 1 is 1.26 bits per heavy atom. The highest BCUT2D eigenvalue weighted by Gasteiger charge is 2.48. The van der Waals surface area contributed by atoms with Gasteiger partial charge in [0.2, 0.25) is 0 Å². The number of thioether (sulfide) groups is 1. The fourth-order valence-corrected chi connectivity index (χ4v) is 3.54. The molecule has 1 unspecified atom stereocenters. The highest BCUT2D eigenvalue weighted by molar-refractivity contribution is 7.99. The molecule has 0 aliphatic heterocycles. The van der Waals surface area contributed by atoms with E-state index in [1.165, 1.54) is 36.1 Å². The first-order valence-corrected chi connectivity index (χ1v) is 8.09. The van der Waals surface area contributed by atoms with Gasteiger partial charge in [-0.2, -0.15) is 5.26 Å². The first-order valence-electron chi connectivity index (χ1n) is 7.10. The lowest BCUT2D eigenvalue weighted by atomic mass is 9.97. The molecule has 0 aromatic heterocycles. The van der Waals surface area contributed by atoms with Gasteiger partial charge < -0.3 is 0 Å². The Labute approximate surface area is 119 Å². The predicted octanol–water partition coefficient (Wildman–Crippen LogP) is 3.51. The molecule has 0 saturated heterocycles. The van der Waals surface area contributed by atoms with E-state index in [1.807, 2.05) is 11.8 Å². The second-order valence-corrected chi connectivity index (χ2v) is 6.93. The molecule has 0 spiro atoms. The van der Waals surface area contributed by atoms with Gasteiger partial charge in [0.05, 0.1) is 6.07 Å². The summed E-state index contributed by atoms with van der Waals surface area (Å²) in [6, 6.07) is 11.8. The number of nitrogens with one attached hydrogen (secondary N) is 1. The van der Waals surface area contributed by atoms with E-state index in [0.29, 0.717) is 12.0 Å². The van der Waals surface area contributed by atoms with Gasteiger partial charge in [-0.1, -0.05) is 17.7 Å². The van der Waals surface area contributed by atoms with Crippen molar-refractivity contribution in [2.24, 2.45) is 5.92 Å². The fourth-order valence-electron chi connectivity index (χ4n) is 2.43. The molecule has 0 heterocycles. The quantitative estimate of drug-likeness (QED) is 0.805. The van der Waals surface area contributed by atoms with Crippen molar-refractivity contribution in [1.29, 1.82) is 5.26 Å². The van der Waals surface area contributed by atoms with Crippen molar-refractivity contribution in [3.63, 3.8) is 0 Å². The van der Waals surface area contributed by atoms with Crippen LogP contribution >= 0.6 is 11.8 Å². The van der Waals surface area contributed by atoms with Gasteiger partial charge in [0.1, 0.15) is 5.54 Å². The summed E-state index contributed by atoms with van der Waals surface area (Å²) in [4.78, 5) is 1.27. The van der Waals surface area contributed by atoms with Crippen LogP contribution in [0.25, 0.3) is 0 Å². The molecule has 0 amide bonds. The first-order chi connectivity index (χ1) is 9.22. The van der Waals surface area contributed by atoms with Gasteiger partial charge in [-0.25, -0.2) is 0 Å². The second kappa shape index (κ2) is 5.19. The van der Waals surface area contributed by atoms with E-state index in [1.54, 1.807) is 0 Å². The molecule has 2 saturated carbocycles. The maximum Gasteiger partial charge on any atom is 0.119 e. The first kappa shape index (κ1) is 13.0. The fraction of sp³-hybridized carbons (Fsp3) is 0.562. The molecule has 3 heteroatoms.